The molecule has 3 rings (SSSR count). The zero-order valence-electron chi connectivity index (χ0n) is 17.1. The molecule has 30 heavy (non-hydrogen) atoms. The highest BCUT2D eigenvalue weighted by Gasteiger charge is 2.25. The van der Waals surface area contributed by atoms with E-state index >= 15 is 0 Å². The highest BCUT2D eigenvalue weighted by molar-refractivity contribution is 8.00. The van der Waals surface area contributed by atoms with E-state index in [4.69, 9.17) is 9.47 Å². The molecule has 0 saturated carbocycles. The zero-order valence-corrected chi connectivity index (χ0v) is 17.9. The maximum absolute atomic E-state index is 12.4. The number of benzene rings is 2. The van der Waals surface area contributed by atoms with Gasteiger partial charge in [0.1, 0.15) is 5.75 Å². The van der Waals surface area contributed by atoms with Crippen molar-refractivity contribution >= 4 is 35.2 Å². The Bertz CT molecular complexity index is 945. The van der Waals surface area contributed by atoms with Gasteiger partial charge in [0.2, 0.25) is 5.91 Å². The van der Waals surface area contributed by atoms with Crippen LogP contribution in [0, 0.1) is 0 Å². The molecule has 2 aromatic carbocycles. The van der Waals surface area contributed by atoms with E-state index in [-0.39, 0.29) is 22.6 Å². The van der Waals surface area contributed by atoms with Crippen molar-refractivity contribution in [3.05, 3.63) is 53.6 Å². The predicted molar refractivity (Wildman–Crippen MR) is 115 cm³/mol. The molecule has 0 radical (unpaired) electrons. The molecule has 8 heteroatoms. The summed E-state index contributed by atoms with van der Waals surface area (Å²) in [6, 6.07) is 12.6. The van der Waals surface area contributed by atoms with Crippen LogP contribution in [-0.4, -0.2) is 42.8 Å². The minimum atomic E-state index is -0.937. The third-order valence-corrected chi connectivity index (χ3v) is 5.85. The van der Waals surface area contributed by atoms with Crippen molar-refractivity contribution in [3.63, 3.8) is 0 Å². The minimum absolute atomic E-state index is 0.109. The number of fused-ring (bicyclic) bond motifs is 1. The maximum Gasteiger partial charge on any atom is 0.338 e. The molecule has 0 saturated heterocycles. The Labute approximate surface area is 179 Å². The third kappa shape index (κ3) is 5.33. The molecule has 0 aliphatic carbocycles. The smallest absolute Gasteiger partial charge is 0.338 e. The summed E-state index contributed by atoms with van der Waals surface area (Å²) in [7, 11) is 1.61. The van der Waals surface area contributed by atoms with Crippen LogP contribution >= 0.6 is 11.8 Å². The van der Waals surface area contributed by atoms with Crippen molar-refractivity contribution in [2.75, 3.05) is 19.0 Å². The number of carbonyl (C=O) groups excluding carboxylic acids is 3. The Kier molecular flexibility index (Phi) is 6.99. The number of thioether (sulfide) groups is 1. The Morgan fingerprint density at radius 2 is 1.93 bits per heavy atom. The van der Waals surface area contributed by atoms with Gasteiger partial charge in [0.15, 0.2) is 6.10 Å². The van der Waals surface area contributed by atoms with Gasteiger partial charge in [-0.25, -0.2) is 4.79 Å². The molecule has 7 nitrogen and oxygen atoms in total. The summed E-state index contributed by atoms with van der Waals surface area (Å²) in [6.07, 6.45) is -0.287. The number of nitrogens with one attached hydrogen (secondary N) is 2. The second-order valence-corrected chi connectivity index (χ2v) is 8.28. The average molecular weight is 429 g/mol. The first kappa shape index (κ1) is 21.7. The van der Waals surface area contributed by atoms with Gasteiger partial charge in [-0.1, -0.05) is 12.1 Å². The van der Waals surface area contributed by atoms with Crippen LogP contribution in [0.5, 0.6) is 5.75 Å². The van der Waals surface area contributed by atoms with Crippen LogP contribution in [0.25, 0.3) is 0 Å². The molecule has 2 aromatic rings. The minimum Gasteiger partial charge on any atom is -0.497 e. The first-order chi connectivity index (χ1) is 14.4. The number of amides is 2. The molecule has 1 aliphatic heterocycles. The lowest BCUT2D eigenvalue weighted by molar-refractivity contribution is -0.129. The van der Waals surface area contributed by atoms with Gasteiger partial charge in [-0.05, 0) is 56.2 Å². The van der Waals surface area contributed by atoms with Crippen molar-refractivity contribution in [1.82, 2.24) is 5.32 Å². The summed E-state index contributed by atoms with van der Waals surface area (Å²) in [5.74, 6) is -0.318. The lowest BCUT2D eigenvalue weighted by Crippen LogP contribution is -2.37. The van der Waals surface area contributed by atoms with E-state index in [2.05, 4.69) is 10.6 Å². The van der Waals surface area contributed by atoms with E-state index in [0.717, 1.165) is 16.2 Å². The first-order valence-corrected chi connectivity index (χ1v) is 10.5. The quantitative estimate of drug-likeness (QED) is 0.659. The van der Waals surface area contributed by atoms with E-state index in [0.29, 0.717) is 18.7 Å². The van der Waals surface area contributed by atoms with E-state index in [1.54, 1.807) is 25.3 Å². The van der Waals surface area contributed by atoms with Gasteiger partial charge in [-0.2, -0.15) is 0 Å². The standard InChI is InChI=1S/C22H24N2O5S/c1-13(20(25)23-11-10-15-4-7-17(28-3)8-5-15)29-22(27)16-6-9-19-18(12-16)24-21(26)14(2)30-19/h4-9,12-14H,10-11H2,1-3H3,(H,23,25)(H,24,26). The van der Waals surface area contributed by atoms with Crippen LogP contribution in [0.4, 0.5) is 5.69 Å². The van der Waals surface area contributed by atoms with E-state index in [1.165, 1.54) is 18.7 Å². The summed E-state index contributed by atoms with van der Waals surface area (Å²) in [6.45, 7) is 3.77. The third-order valence-electron chi connectivity index (χ3n) is 4.67. The van der Waals surface area contributed by atoms with Gasteiger partial charge >= 0.3 is 5.97 Å². The number of anilines is 1. The molecule has 2 amide bonds. The molecular weight excluding hydrogens is 404 g/mol. The van der Waals surface area contributed by atoms with Gasteiger partial charge in [0.05, 0.1) is 23.6 Å². The van der Waals surface area contributed by atoms with Gasteiger partial charge in [0.25, 0.3) is 5.91 Å². The molecule has 0 bridgehead atoms. The molecule has 158 valence electrons. The fourth-order valence-corrected chi connectivity index (χ4v) is 3.81. The fourth-order valence-electron chi connectivity index (χ4n) is 2.88. The number of rotatable bonds is 7. The molecule has 0 spiro atoms. The van der Waals surface area contributed by atoms with Crippen molar-refractivity contribution in [2.24, 2.45) is 0 Å². The first-order valence-electron chi connectivity index (χ1n) is 9.60. The van der Waals surface area contributed by atoms with E-state index in [1.807, 2.05) is 31.2 Å². The molecule has 2 unspecified atom stereocenters. The van der Waals surface area contributed by atoms with Crippen LogP contribution in [0.3, 0.4) is 0 Å². The molecular formula is C22H24N2O5S. The SMILES string of the molecule is COc1ccc(CCNC(=O)C(C)OC(=O)c2ccc3c(c2)NC(=O)C(C)S3)cc1. The van der Waals surface area contributed by atoms with Crippen molar-refractivity contribution in [1.29, 1.82) is 0 Å². The molecule has 0 fully saturated rings. The number of esters is 1. The largest absolute Gasteiger partial charge is 0.497 e. The van der Waals surface area contributed by atoms with Crippen LogP contribution in [-0.2, 0) is 20.7 Å². The summed E-state index contributed by atoms with van der Waals surface area (Å²) in [5.41, 5.74) is 1.92. The zero-order chi connectivity index (χ0) is 21.7. The normalized spacial score (nSPS) is 16.1. The Balaban J connectivity index is 1.50. The lowest BCUT2D eigenvalue weighted by atomic mass is 10.1. The van der Waals surface area contributed by atoms with Crippen molar-refractivity contribution in [3.8, 4) is 5.75 Å². The van der Waals surface area contributed by atoms with E-state index < -0.39 is 12.1 Å². The molecule has 1 heterocycles. The van der Waals surface area contributed by atoms with Gasteiger partial charge in [-0.3, -0.25) is 9.59 Å². The molecule has 0 aromatic heterocycles. The molecule has 2 atom stereocenters. The van der Waals surface area contributed by atoms with Crippen LogP contribution < -0.4 is 15.4 Å². The van der Waals surface area contributed by atoms with Crippen molar-refractivity contribution in [2.45, 2.75) is 36.5 Å². The summed E-state index contributed by atoms with van der Waals surface area (Å²) >= 11 is 1.43. The Morgan fingerprint density at radius 3 is 2.63 bits per heavy atom. The highest BCUT2D eigenvalue weighted by atomic mass is 32.2. The maximum atomic E-state index is 12.4. The fraction of sp³-hybridized carbons (Fsp3) is 0.318. The Morgan fingerprint density at radius 1 is 1.20 bits per heavy atom. The van der Waals surface area contributed by atoms with Crippen molar-refractivity contribution < 1.29 is 23.9 Å². The van der Waals surface area contributed by atoms with Gasteiger partial charge in [-0.15, -0.1) is 11.8 Å². The molecule has 2 N–H and O–H groups in total. The number of hydrogen-bond donors (Lipinski definition) is 2. The summed E-state index contributed by atoms with van der Waals surface area (Å²) in [4.78, 5) is 37.4. The highest BCUT2D eigenvalue weighted by Crippen LogP contribution is 2.36. The van der Waals surface area contributed by atoms with Crippen LogP contribution in [0.1, 0.15) is 29.8 Å². The van der Waals surface area contributed by atoms with Crippen LogP contribution in [0.2, 0.25) is 0 Å². The summed E-state index contributed by atoms with van der Waals surface area (Å²) in [5, 5.41) is 5.36. The Hall–Kier alpha value is -3.00. The summed E-state index contributed by atoms with van der Waals surface area (Å²) < 4.78 is 10.4. The predicted octanol–water partition coefficient (Wildman–Crippen LogP) is 3.03. The second-order valence-electron chi connectivity index (χ2n) is 6.90. The number of carbonyl (C=O) groups is 3. The number of hydrogen-bond acceptors (Lipinski definition) is 6. The molecule has 1 aliphatic rings. The van der Waals surface area contributed by atoms with E-state index in [9.17, 15) is 14.4 Å². The number of methoxy groups -OCH3 is 1. The van der Waals surface area contributed by atoms with Gasteiger partial charge < -0.3 is 20.1 Å². The average Bonchev–Trinajstić information content (AvgIpc) is 2.74. The second kappa shape index (κ2) is 9.67. The van der Waals surface area contributed by atoms with Crippen LogP contribution in [0.15, 0.2) is 47.4 Å². The monoisotopic (exact) mass is 428 g/mol. The topological polar surface area (TPSA) is 93.7 Å². The van der Waals surface area contributed by atoms with Gasteiger partial charge in [0, 0.05) is 11.4 Å². The lowest BCUT2D eigenvalue weighted by Gasteiger charge is -2.21. The number of ether oxygens (including phenoxy) is 2.